The van der Waals surface area contributed by atoms with Crippen LogP contribution < -0.4 is 20.1 Å². The van der Waals surface area contributed by atoms with Crippen molar-refractivity contribution in [1.29, 1.82) is 0 Å². The van der Waals surface area contributed by atoms with Crippen LogP contribution in [0.3, 0.4) is 0 Å². The summed E-state index contributed by atoms with van der Waals surface area (Å²) in [5, 5.41) is 6.54. The number of benzene rings is 6. The second kappa shape index (κ2) is 15.9. The molecule has 6 aromatic carbocycles. The van der Waals surface area contributed by atoms with Gasteiger partial charge in [0.1, 0.15) is 0 Å². The molecule has 0 aromatic heterocycles. The molecular weight excluding hydrogens is 755 g/mol. The van der Waals surface area contributed by atoms with Gasteiger partial charge in [0.2, 0.25) is 0 Å². The molecule has 10 nitrogen and oxygen atoms in total. The Morgan fingerprint density at radius 2 is 0.717 bits per heavy atom. The molecule has 14 heteroatoms. The first-order chi connectivity index (χ1) is 25.3. The first-order valence-corrected chi connectivity index (χ1v) is 19.6. The lowest BCUT2D eigenvalue weighted by molar-refractivity contribution is 0.101. The molecule has 0 bridgehead atoms. The van der Waals surface area contributed by atoms with Gasteiger partial charge in [0.05, 0.1) is 9.79 Å². The lowest BCUT2D eigenvalue weighted by atomic mass is 10.0. The van der Waals surface area contributed by atoms with E-state index in [1.165, 1.54) is 97.1 Å². The molecule has 53 heavy (non-hydrogen) atoms. The molecular formula is C39H30Cl2N4O6S2. The van der Waals surface area contributed by atoms with E-state index in [1.807, 2.05) is 24.3 Å². The summed E-state index contributed by atoms with van der Waals surface area (Å²) in [6.07, 6.45) is 0.614. The minimum atomic E-state index is -3.81. The van der Waals surface area contributed by atoms with Crippen molar-refractivity contribution in [1.82, 2.24) is 0 Å². The third-order valence-electron chi connectivity index (χ3n) is 7.88. The monoisotopic (exact) mass is 784 g/mol. The molecule has 0 aliphatic heterocycles. The van der Waals surface area contributed by atoms with Gasteiger partial charge in [-0.15, -0.1) is 0 Å². The zero-order valence-electron chi connectivity index (χ0n) is 27.6. The highest BCUT2D eigenvalue weighted by Gasteiger charge is 2.16. The normalized spacial score (nSPS) is 11.4. The van der Waals surface area contributed by atoms with Gasteiger partial charge in [0.15, 0.2) is 0 Å². The molecule has 0 heterocycles. The van der Waals surface area contributed by atoms with Gasteiger partial charge in [-0.05, 0) is 139 Å². The van der Waals surface area contributed by atoms with E-state index in [4.69, 9.17) is 23.2 Å². The summed E-state index contributed by atoms with van der Waals surface area (Å²) in [6.45, 7) is 0. The van der Waals surface area contributed by atoms with Gasteiger partial charge in [-0.3, -0.25) is 19.0 Å². The Bertz CT molecular complexity index is 2290. The van der Waals surface area contributed by atoms with Crippen molar-refractivity contribution in [2.75, 3.05) is 20.1 Å². The molecule has 6 aromatic rings. The van der Waals surface area contributed by atoms with Crippen LogP contribution in [0.2, 0.25) is 10.0 Å². The van der Waals surface area contributed by atoms with Crippen molar-refractivity contribution in [3.8, 4) is 0 Å². The number of sulfonamides is 2. The molecule has 0 atom stereocenters. The summed E-state index contributed by atoms with van der Waals surface area (Å²) >= 11 is 11.7. The van der Waals surface area contributed by atoms with Crippen molar-refractivity contribution >= 4 is 77.8 Å². The van der Waals surface area contributed by atoms with Gasteiger partial charge < -0.3 is 10.6 Å². The van der Waals surface area contributed by atoms with Crippen molar-refractivity contribution in [2.24, 2.45) is 0 Å². The number of nitrogens with one attached hydrogen (secondary N) is 4. The van der Waals surface area contributed by atoms with Gasteiger partial charge >= 0.3 is 0 Å². The van der Waals surface area contributed by atoms with Gasteiger partial charge in [0.25, 0.3) is 31.9 Å². The summed E-state index contributed by atoms with van der Waals surface area (Å²) in [5.74, 6) is -0.700. The van der Waals surface area contributed by atoms with Crippen molar-refractivity contribution < 1.29 is 26.4 Å². The number of carbonyl (C=O) groups is 2. The molecule has 268 valence electrons. The zero-order chi connectivity index (χ0) is 37.6. The highest BCUT2D eigenvalue weighted by atomic mass is 35.5. The van der Waals surface area contributed by atoms with E-state index in [2.05, 4.69) is 20.1 Å². The van der Waals surface area contributed by atoms with E-state index in [0.29, 0.717) is 50.3 Å². The maximum Gasteiger partial charge on any atom is 0.261 e. The summed E-state index contributed by atoms with van der Waals surface area (Å²) in [6, 6.07) is 38.6. The fourth-order valence-electron chi connectivity index (χ4n) is 5.09. The molecule has 2 amide bonds. The number of amides is 2. The average Bonchev–Trinajstić information content (AvgIpc) is 3.14. The molecule has 4 N–H and O–H groups in total. The maximum absolute atomic E-state index is 12.8. The smallest absolute Gasteiger partial charge is 0.261 e. The minimum absolute atomic E-state index is 0.0663. The number of anilines is 4. The van der Waals surface area contributed by atoms with Crippen molar-refractivity contribution in [3.63, 3.8) is 0 Å². The Morgan fingerprint density at radius 1 is 0.415 bits per heavy atom. The fourth-order valence-corrected chi connectivity index (χ4v) is 7.46. The molecule has 0 unspecified atom stereocenters. The zero-order valence-corrected chi connectivity index (χ0v) is 30.7. The molecule has 0 radical (unpaired) electrons. The lowest BCUT2D eigenvalue weighted by Crippen LogP contribution is -2.14. The largest absolute Gasteiger partial charge is 0.322 e. The van der Waals surface area contributed by atoms with E-state index < -0.39 is 20.0 Å². The number of carbonyl (C=O) groups excluding carboxylic acids is 2. The van der Waals surface area contributed by atoms with Crippen molar-refractivity contribution in [2.45, 2.75) is 16.2 Å². The fraction of sp³-hybridized carbons (Fsp3) is 0.0256. The second-order valence-electron chi connectivity index (χ2n) is 11.8. The third kappa shape index (κ3) is 9.82. The lowest BCUT2D eigenvalue weighted by Gasteiger charge is -2.10. The van der Waals surface area contributed by atoms with Crippen LogP contribution in [0, 0.1) is 0 Å². The van der Waals surface area contributed by atoms with Gasteiger partial charge in [0, 0.05) is 43.9 Å². The van der Waals surface area contributed by atoms with E-state index in [-0.39, 0.29) is 21.6 Å². The summed E-state index contributed by atoms with van der Waals surface area (Å²) in [4.78, 5) is 25.8. The molecule has 0 saturated heterocycles. The van der Waals surface area contributed by atoms with Crippen LogP contribution in [-0.2, 0) is 26.5 Å². The summed E-state index contributed by atoms with van der Waals surface area (Å²) < 4.78 is 55.5. The van der Waals surface area contributed by atoms with Crippen LogP contribution in [0.25, 0.3) is 0 Å². The number of hydrogen-bond acceptors (Lipinski definition) is 6. The molecule has 6 rings (SSSR count). The second-order valence-corrected chi connectivity index (χ2v) is 16.0. The number of hydrogen-bond donors (Lipinski definition) is 4. The van der Waals surface area contributed by atoms with Gasteiger partial charge in [-0.2, -0.15) is 0 Å². The van der Waals surface area contributed by atoms with Crippen LogP contribution in [0.5, 0.6) is 0 Å². The van der Waals surface area contributed by atoms with Crippen LogP contribution in [-0.4, -0.2) is 28.6 Å². The van der Waals surface area contributed by atoms with E-state index in [1.54, 1.807) is 24.3 Å². The van der Waals surface area contributed by atoms with Gasteiger partial charge in [-0.25, -0.2) is 16.8 Å². The number of halogens is 2. The first-order valence-electron chi connectivity index (χ1n) is 15.9. The topological polar surface area (TPSA) is 151 Å². The highest BCUT2D eigenvalue weighted by molar-refractivity contribution is 7.93. The Balaban J connectivity index is 0.981. The molecule has 0 fully saturated rings. The molecule has 0 aliphatic carbocycles. The molecule has 0 saturated carbocycles. The SMILES string of the molecule is O=C(Nc1ccc(Cc2ccc(NC(=O)c3ccc(NS(=O)(=O)c4ccc(Cl)cc4)cc3)cc2)cc1)c1ccc(NS(=O)(=O)c2ccc(Cl)cc2)cc1. The Kier molecular flexibility index (Phi) is 11.2. The van der Waals surface area contributed by atoms with E-state index in [0.717, 1.165) is 11.1 Å². The van der Waals surface area contributed by atoms with Crippen molar-refractivity contribution in [3.05, 3.63) is 178 Å². The Hall–Kier alpha value is -5.66. The molecule has 0 spiro atoms. The maximum atomic E-state index is 12.8. The standard InChI is InChI=1S/C39H30Cl2N4O6S2/c40-30-9-21-36(22-10-30)52(48,49)44-34-17-5-28(6-18-34)38(46)42-32-13-1-26(2-14-32)25-27-3-15-33(16-4-27)43-39(47)29-7-19-35(20-8-29)45-53(50,51)37-23-11-31(41)12-24-37/h1-24,44-45H,25H2,(H,42,46)(H,43,47). The summed E-state index contributed by atoms with van der Waals surface area (Å²) in [5.41, 5.74) is 4.51. The Labute approximate surface area is 316 Å². The highest BCUT2D eigenvalue weighted by Crippen LogP contribution is 2.22. The Morgan fingerprint density at radius 3 is 1.04 bits per heavy atom. The third-order valence-corrected chi connectivity index (χ3v) is 11.2. The minimum Gasteiger partial charge on any atom is -0.322 e. The van der Waals surface area contributed by atoms with Gasteiger partial charge in [-0.1, -0.05) is 47.5 Å². The number of rotatable bonds is 12. The van der Waals surface area contributed by atoms with Crippen LogP contribution >= 0.6 is 23.2 Å². The van der Waals surface area contributed by atoms with E-state index in [9.17, 15) is 26.4 Å². The predicted octanol–water partition coefficient (Wildman–Crippen LogP) is 8.69. The predicted molar refractivity (Wildman–Crippen MR) is 209 cm³/mol. The van der Waals surface area contributed by atoms with Crippen LogP contribution in [0.4, 0.5) is 22.7 Å². The first kappa shape index (κ1) is 37.1. The van der Waals surface area contributed by atoms with Crippen LogP contribution in [0.15, 0.2) is 155 Å². The molecule has 0 aliphatic rings. The quantitative estimate of drug-likeness (QED) is 0.0975. The van der Waals surface area contributed by atoms with E-state index >= 15 is 0 Å². The summed E-state index contributed by atoms with van der Waals surface area (Å²) in [7, 11) is -7.63. The van der Waals surface area contributed by atoms with Crippen LogP contribution in [0.1, 0.15) is 31.8 Å². The average molecular weight is 786 g/mol.